The van der Waals surface area contributed by atoms with Crippen molar-refractivity contribution in [1.82, 2.24) is 10.2 Å². The largest absolute Gasteiger partial charge is 0.495 e. The first kappa shape index (κ1) is 30.3. The summed E-state index contributed by atoms with van der Waals surface area (Å²) >= 11 is 12.3. The second-order valence-electron chi connectivity index (χ2n) is 8.84. The number of anilines is 1. The van der Waals surface area contributed by atoms with Crippen LogP contribution in [0.25, 0.3) is 0 Å². The van der Waals surface area contributed by atoms with Crippen LogP contribution in [0.1, 0.15) is 25.0 Å². The predicted molar refractivity (Wildman–Crippen MR) is 154 cm³/mol. The Kier molecular flexibility index (Phi) is 10.2. The van der Waals surface area contributed by atoms with Crippen molar-refractivity contribution in [3.63, 3.8) is 0 Å². The Morgan fingerprint density at radius 3 is 2.31 bits per heavy atom. The highest BCUT2D eigenvalue weighted by Crippen LogP contribution is 2.34. The standard InChI is InChI=1S/C28H31Cl2N3O5S/c1-5-31-28(35)20(3)32(17-21-12-13-23(29)24(30)16-21)27(34)18-33(25-15-19(2)11-14-26(25)38-4)39(36,37)22-9-7-6-8-10-22/h6-16,20H,5,17-18H2,1-4H3,(H,31,35)/t20-/m0/s1. The summed E-state index contributed by atoms with van der Waals surface area (Å²) in [7, 11) is -2.78. The molecular weight excluding hydrogens is 561 g/mol. The lowest BCUT2D eigenvalue weighted by Gasteiger charge is -2.32. The number of sulfonamides is 1. The molecule has 1 N–H and O–H groups in total. The molecule has 0 heterocycles. The Balaban J connectivity index is 2.10. The number of aryl methyl sites for hydroxylation is 1. The summed E-state index contributed by atoms with van der Waals surface area (Å²) in [6.07, 6.45) is 0. The number of carbonyl (C=O) groups excluding carboxylic acids is 2. The zero-order valence-corrected chi connectivity index (χ0v) is 24.5. The van der Waals surface area contributed by atoms with Gasteiger partial charge in [0.25, 0.3) is 10.0 Å². The van der Waals surface area contributed by atoms with Crippen molar-refractivity contribution in [2.75, 3.05) is 24.5 Å². The molecule has 208 valence electrons. The number of halogens is 2. The fourth-order valence-electron chi connectivity index (χ4n) is 3.97. The minimum absolute atomic E-state index is 0.00179. The molecule has 3 aromatic carbocycles. The lowest BCUT2D eigenvalue weighted by molar-refractivity contribution is -0.139. The molecule has 0 aliphatic carbocycles. The van der Waals surface area contributed by atoms with Crippen LogP contribution >= 0.6 is 23.2 Å². The zero-order chi connectivity index (χ0) is 28.7. The average Bonchev–Trinajstić information content (AvgIpc) is 2.92. The summed E-state index contributed by atoms with van der Waals surface area (Å²) in [5, 5.41) is 3.37. The van der Waals surface area contributed by atoms with Gasteiger partial charge in [-0.3, -0.25) is 13.9 Å². The maximum atomic E-state index is 13.9. The van der Waals surface area contributed by atoms with Crippen molar-refractivity contribution in [2.45, 2.75) is 38.3 Å². The Bertz CT molecular complexity index is 1430. The summed E-state index contributed by atoms with van der Waals surface area (Å²) in [5.74, 6) is -0.694. The SMILES string of the molecule is CCNC(=O)[C@H](C)N(Cc1ccc(Cl)c(Cl)c1)C(=O)CN(c1cc(C)ccc1OC)S(=O)(=O)c1ccccc1. The van der Waals surface area contributed by atoms with Gasteiger partial charge in [-0.05, 0) is 68.3 Å². The number of nitrogens with one attached hydrogen (secondary N) is 1. The van der Waals surface area contributed by atoms with E-state index in [-0.39, 0.29) is 28.8 Å². The number of hydrogen-bond acceptors (Lipinski definition) is 5. The quantitative estimate of drug-likeness (QED) is 0.336. The highest BCUT2D eigenvalue weighted by Gasteiger charge is 2.33. The summed E-state index contributed by atoms with van der Waals surface area (Å²) in [6, 6.07) is 16.9. The number of rotatable bonds is 11. The Labute approximate surface area is 239 Å². The highest BCUT2D eigenvalue weighted by atomic mass is 35.5. The zero-order valence-electron chi connectivity index (χ0n) is 22.1. The van der Waals surface area contributed by atoms with Crippen LogP contribution in [0.2, 0.25) is 10.0 Å². The first-order chi connectivity index (χ1) is 18.5. The van der Waals surface area contributed by atoms with Crippen LogP contribution in [-0.2, 0) is 26.2 Å². The van der Waals surface area contributed by atoms with Crippen LogP contribution < -0.4 is 14.4 Å². The molecule has 0 radical (unpaired) electrons. The van der Waals surface area contributed by atoms with Gasteiger partial charge in [0.2, 0.25) is 11.8 Å². The van der Waals surface area contributed by atoms with Gasteiger partial charge in [0, 0.05) is 13.1 Å². The summed E-state index contributed by atoms with van der Waals surface area (Å²) in [6.45, 7) is 4.96. The van der Waals surface area contributed by atoms with E-state index < -0.39 is 28.5 Å². The van der Waals surface area contributed by atoms with Gasteiger partial charge >= 0.3 is 0 Å². The van der Waals surface area contributed by atoms with Crippen molar-refractivity contribution in [3.05, 3.63) is 87.9 Å². The molecule has 3 aromatic rings. The summed E-state index contributed by atoms with van der Waals surface area (Å²) in [4.78, 5) is 28.1. The molecule has 2 amide bonds. The molecule has 0 aromatic heterocycles. The van der Waals surface area contributed by atoms with E-state index in [1.165, 1.54) is 24.1 Å². The topological polar surface area (TPSA) is 96.0 Å². The van der Waals surface area contributed by atoms with Crippen molar-refractivity contribution >= 4 is 50.7 Å². The van der Waals surface area contributed by atoms with E-state index in [1.54, 1.807) is 68.4 Å². The van der Waals surface area contributed by atoms with Crippen LogP contribution in [0.4, 0.5) is 5.69 Å². The highest BCUT2D eigenvalue weighted by molar-refractivity contribution is 7.92. The van der Waals surface area contributed by atoms with Crippen molar-refractivity contribution in [1.29, 1.82) is 0 Å². The molecule has 0 saturated carbocycles. The van der Waals surface area contributed by atoms with E-state index >= 15 is 0 Å². The molecule has 0 fully saturated rings. The Hall–Kier alpha value is -3.27. The normalized spacial score (nSPS) is 11.9. The summed E-state index contributed by atoms with van der Waals surface area (Å²) < 4.78 is 34.3. The fourth-order valence-corrected chi connectivity index (χ4v) is 5.73. The number of amides is 2. The van der Waals surface area contributed by atoms with Crippen molar-refractivity contribution < 1.29 is 22.7 Å². The van der Waals surface area contributed by atoms with Gasteiger partial charge in [-0.25, -0.2) is 8.42 Å². The number of hydrogen-bond donors (Lipinski definition) is 1. The molecule has 3 rings (SSSR count). The number of carbonyl (C=O) groups is 2. The van der Waals surface area contributed by atoms with Gasteiger partial charge in [0.15, 0.2) is 0 Å². The molecule has 0 aliphatic heterocycles. The van der Waals surface area contributed by atoms with E-state index in [0.29, 0.717) is 22.2 Å². The molecule has 11 heteroatoms. The van der Waals surface area contributed by atoms with Crippen LogP contribution in [0.5, 0.6) is 5.75 Å². The van der Waals surface area contributed by atoms with E-state index in [0.717, 1.165) is 9.87 Å². The number of ether oxygens (including phenoxy) is 1. The minimum Gasteiger partial charge on any atom is -0.495 e. The molecule has 0 bridgehead atoms. The van der Waals surface area contributed by atoms with Gasteiger partial charge in [-0.2, -0.15) is 0 Å². The third-order valence-electron chi connectivity index (χ3n) is 6.07. The molecule has 0 aliphatic rings. The molecule has 0 spiro atoms. The number of benzene rings is 3. The molecule has 8 nitrogen and oxygen atoms in total. The Morgan fingerprint density at radius 2 is 1.69 bits per heavy atom. The van der Waals surface area contributed by atoms with Gasteiger partial charge < -0.3 is 15.0 Å². The van der Waals surface area contributed by atoms with Crippen molar-refractivity contribution in [2.24, 2.45) is 0 Å². The van der Waals surface area contributed by atoms with Crippen LogP contribution in [0.15, 0.2) is 71.6 Å². The second kappa shape index (κ2) is 13.2. The number of methoxy groups -OCH3 is 1. The first-order valence-electron chi connectivity index (χ1n) is 12.2. The van der Waals surface area contributed by atoms with E-state index in [9.17, 15) is 18.0 Å². The summed E-state index contributed by atoms with van der Waals surface area (Å²) in [5.41, 5.74) is 1.60. The third kappa shape index (κ3) is 7.23. The molecular formula is C28H31Cl2N3O5S. The fraction of sp³-hybridized carbons (Fsp3) is 0.286. The first-order valence-corrected chi connectivity index (χ1v) is 14.4. The van der Waals surface area contributed by atoms with E-state index in [4.69, 9.17) is 27.9 Å². The van der Waals surface area contributed by atoms with Gasteiger partial charge in [0.1, 0.15) is 18.3 Å². The minimum atomic E-state index is -4.21. The second-order valence-corrected chi connectivity index (χ2v) is 11.5. The average molecular weight is 593 g/mol. The number of nitrogens with zero attached hydrogens (tertiary/aromatic N) is 2. The molecule has 39 heavy (non-hydrogen) atoms. The lowest BCUT2D eigenvalue weighted by atomic mass is 10.1. The number of likely N-dealkylation sites (N-methyl/N-ethyl adjacent to an activating group) is 1. The van der Waals surface area contributed by atoms with Gasteiger partial charge in [-0.15, -0.1) is 0 Å². The van der Waals surface area contributed by atoms with E-state index in [2.05, 4.69) is 5.32 Å². The maximum absolute atomic E-state index is 13.9. The molecule has 1 atom stereocenters. The van der Waals surface area contributed by atoms with E-state index in [1.807, 2.05) is 6.92 Å². The molecule has 0 saturated heterocycles. The van der Waals surface area contributed by atoms with Crippen LogP contribution in [-0.4, -0.2) is 51.4 Å². The van der Waals surface area contributed by atoms with Crippen LogP contribution in [0.3, 0.4) is 0 Å². The third-order valence-corrected chi connectivity index (χ3v) is 8.58. The van der Waals surface area contributed by atoms with Gasteiger partial charge in [-0.1, -0.05) is 53.5 Å². The van der Waals surface area contributed by atoms with Gasteiger partial charge in [0.05, 0.1) is 27.7 Å². The smallest absolute Gasteiger partial charge is 0.264 e. The maximum Gasteiger partial charge on any atom is 0.264 e. The molecule has 0 unspecified atom stereocenters. The monoisotopic (exact) mass is 591 g/mol. The Morgan fingerprint density at radius 1 is 1.00 bits per heavy atom. The van der Waals surface area contributed by atoms with Crippen molar-refractivity contribution in [3.8, 4) is 5.75 Å². The lowest BCUT2D eigenvalue weighted by Crippen LogP contribution is -2.51. The van der Waals surface area contributed by atoms with Crippen LogP contribution in [0, 0.1) is 6.92 Å². The predicted octanol–water partition coefficient (Wildman–Crippen LogP) is 5.06.